The van der Waals surface area contributed by atoms with Crippen LogP contribution in [0.3, 0.4) is 0 Å². The summed E-state index contributed by atoms with van der Waals surface area (Å²) in [6.07, 6.45) is 2.83. The Morgan fingerprint density at radius 3 is 0.957 bits per heavy atom. The smallest absolute Gasteiger partial charge is 0.545 e. The van der Waals surface area contributed by atoms with E-state index in [1.807, 2.05) is 0 Å². The molecule has 0 aromatic carbocycles. The van der Waals surface area contributed by atoms with E-state index in [0.717, 1.165) is 18.2 Å². The second-order valence-corrected chi connectivity index (χ2v) is 2.80. The molecule has 0 aliphatic rings. The van der Waals surface area contributed by atoms with Crippen LogP contribution in [0.1, 0.15) is 6.92 Å². The maximum absolute atomic E-state index is 9.49. The van der Waals surface area contributed by atoms with Gasteiger partial charge in [0.25, 0.3) is 0 Å². The molecule has 0 spiro atoms. The number of carboxylic acids is 2. The first-order chi connectivity index (χ1) is 9.45. The second-order valence-electron chi connectivity index (χ2n) is 2.80. The molecule has 4 N–H and O–H groups in total. The molecule has 0 bridgehead atoms. The molecule has 0 unspecified atom stereocenters. The number of amides is 2. The zero-order valence-corrected chi connectivity index (χ0v) is 17.7. The van der Waals surface area contributed by atoms with Crippen LogP contribution in [-0.2, 0) is 19.2 Å². The second kappa shape index (κ2) is 28.9. The van der Waals surface area contributed by atoms with Crippen LogP contribution in [0.5, 0.6) is 0 Å². The zero-order valence-electron chi connectivity index (χ0n) is 13.7. The Morgan fingerprint density at radius 1 is 0.826 bits per heavy atom. The minimum absolute atomic E-state index is 0. The van der Waals surface area contributed by atoms with Gasteiger partial charge in [0, 0.05) is 0 Å². The number of carbonyl (C=O) groups excluding carboxylic acids is 4. The summed E-state index contributed by atoms with van der Waals surface area (Å²) in [5.41, 5.74) is 9.13. The Balaban J connectivity index is -0.0000000408. The number of carboxylic acid groups (broad SMARTS) is 2. The molecule has 0 rings (SSSR count). The minimum Gasteiger partial charge on any atom is -0.545 e. The molecule has 0 heterocycles. The first-order valence-electron chi connectivity index (χ1n) is 5.00. The van der Waals surface area contributed by atoms with Crippen LogP contribution in [0.15, 0.2) is 50.1 Å². The Bertz CT molecular complexity index is 368. The van der Waals surface area contributed by atoms with E-state index in [4.69, 9.17) is 9.90 Å². The summed E-state index contributed by atoms with van der Waals surface area (Å²) in [5.74, 6) is -3.38. The summed E-state index contributed by atoms with van der Waals surface area (Å²) >= 11 is 0. The molecule has 0 saturated heterocycles. The Hall–Kier alpha value is -1.16. The first-order valence-corrected chi connectivity index (χ1v) is 5.00. The molecule has 0 aliphatic heterocycles. The van der Waals surface area contributed by atoms with Crippen molar-refractivity contribution in [3.8, 4) is 0 Å². The molecular formula is C13H18N2Na2O6. The van der Waals surface area contributed by atoms with Gasteiger partial charge in [-0.25, -0.2) is 0 Å². The average Bonchev–Trinajstić information content (AvgIpc) is 2.40. The predicted octanol–water partition coefficient (Wildman–Crippen LogP) is -8.44. The molecule has 0 saturated carbocycles. The van der Waals surface area contributed by atoms with Crippen molar-refractivity contribution < 1.29 is 88.5 Å². The van der Waals surface area contributed by atoms with Crippen LogP contribution >= 0.6 is 0 Å². The maximum atomic E-state index is 9.49. The molecule has 118 valence electrons. The number of hydrogen-bond donors (Lipinski definition) is 2. The van der Waals surface area contributed by atoms with Gasteiger partial charge < -0.3 is 31.3 Å². The number of rotatable bonds is 4. The third kappa shape index (κ3) is 94.7. The molecule has 0 radical (unpaired) electrons. The summed E-state index contributed by atoms with van der Waals surface area (Å²) in [6, 6.07) is 0. The average molecular weight is 344 g/mol. The van der Waals surface area contributed by atoms with E-state index in [9.17, 15) is 19.5 Å². The molecule has 23 heavy (non-hydrogen) atoms. The number of hydrogen-bond acceptors (Lipinski definition) is 6. The molecule has 0 aliphatic carbocycles. The summed E-state index contributed by atoms with van der Waals surface area (Å²) < 4.78 is 0. The Morgan fingerprint density at radius 2 is 0.957 bits per heavy atom. The van der Waals surface area contributed by atoms with Crippen molar-refractivity contribution in [2.75, 3.05) is 0 Å². The minimum atomic E-state index is -1.23. The molecule has 10 heteroatoms. The first kappa shape index (κ1) is 37.8. The van der Waals surface area contributed by atoms with Gasteiger partial charge in [-0.3, -0.25) is 9.59 Å². The van der Waals surface area contributed by atoms with Crippen molar-refractivity contribution in [2.24, 2.45) is 11.5 Å². The normalized spacial score (nSPS) is 6.13. The predicted molar refractivity (Wildman–Crippen MR) is 73.8 cm³/mol. The third-order valence-corrected chi connectivity index (χ3v) is 0.917. The fourth-order valence-corrected chi connectivity index (χ4v) is 0. The standard InChI is InChI=1S/C4H6O2.2C3H5NO.C3H4O2.2Na/c1-3(2)4(5)6;3*1-2-3(4)5;;/h1H2,2H3,(H,5,6);2*2H,1H2,(H2,4,5);2H,1H2,(H,4,5);;/q;;;;2*+1/p-2. The summed E-state index contributed by atoms with van der Waals surface area (Å²) in [5, 5.41) is 18.6. The van der Waals surface area contributed by atoms with E-state index in [1.165, 1.54) is 6.92 Å². The van der Waals surface area contributed by atoms with Crippen LogP contribution in [-0.4, -0.2) is 23.8 Å². The van der Waals surface area contributed by atoms with Gasteiger partial charge >= 0.3 is 59.1 Å². The van der Waals surface area contributed by atoms with Crippen molar-refractivity contribution >= 4 is 23.8 Å². The zero-order chi connectivity index (χ0) is 18.0. The van der Waals surface area contributed by atoms with Gasteiger partial charge in [0.15, 0.2) is 0 Å². The van der Waals surface area contributed by atoms with E-state index >= 15 is 0 Å². The topological polar surface area (TPSA) is 166 Å². The van der Waals surface area contributed by atoms with Crippen LogP contribution < -0.4 is 80.8 Å². The molecule has 0 aromatic rings. The van der Waals surface area contributed by atoms with Gasteiger partial charge in [-0.1, -0.05) is 26.3 Å². The van der Waals surface area contributed by atoms with Crippen LogP contribution in [0.25, 0.3) is 0 Å². The van der Waals surface area contributed by atoms with Crippen molar-refractivity contribution in [3.63, 3.8) is 0 Å². The molecule has 0 aromatic heterocycles. The molecular weight excluding hydrogens is 326 g/mol. The number of aliphatic carboxylic acids is 2. The molecule has 8 nitrogen and oxygen atoms in total. The quantitative estimate of drug-likeness (QED) is 0.379. The largest absolute Gasteiger partial charge is 1.00 e. The SMILES string of the molecule is C=C(C)C(=O)[O-].C=CC(=O)[O-].C=CC(N)=O.C=CC(N)=O.[Na+].[Na+]. The van der Waals surface area contributed by atoms with Crippen LogP contribution in [0.4, 0.5) is 0 Å². The van der Waals surface area contributed by atoms with Gasteiger partial charge in [0.05, 0.1) is 11.9 Å². The van der Waals surface area contributed by atoms with E-state index in [1.54, 1.807) is 0 Å². The summed E-state index contributed by atoms with van der Waals surface area (Å²) in [7, 11) is 0. The van der Waals surface area contributed by atoms with Gasteiger partial charge in [-0.2, -0.15) is 0 Å². The molecule has 0 atom stereocenters. The third-order valence-electron chi connectivity index (χ3n) is 0.917. The van der Waals surface area contributed by atoms with E-state index in [-0.39, 0.29) is 64.7 Å². The van der Waals surface area contributed by atoms with Crippen molar-refractivity contribution in [2.45, 2.75) is 6.92 Å². The van der Waals surface area contributed by atoms with Gasteiger partial charge in [-0.15, -0.1) is 0 Å². The van der Waals surface area contributed by atoms with Gasteiger partial charge in [0.1, 0.15) is 0 Å². The van der Waals surface area contributed by atoms with Crippen LogP contribution in [0.2, 0.25) is 0 Å². The van der Waals surface area contributed by atoms with Crippen molar-refractivity contribution in [1.82, 2.24) is 0 Å². The number of carbonyl (C=O) groups is 4. The Labute approximate surface area is 179 Å². The van der Waals surface area contributed by atoms with Crippen LogP contribution in [0, 0.1) is 0 Å². The fourth-order valence-electron chi connectivity index (χ4n) is 0. The van der Waals surface area contributed by atoms with Gasteiger partial charge in [0.2, 0.25) is 11.8 Å². The molecule has 2 amide bonds. The van der Waals surface area contributed by atoms with Crippen molar-refractivity contribution in [1.29, 1.82) is 0 Å². The van der Waals surface area contributed by atoms with E-state index in [0.29, 0.717) is 0 Å². The van der Waals surface area contributed by atoms with E-state index in [2.05, 4.69) is 37.8 Å². The fraction of sp³-hybridized carbons (Fsp3) is 0.0769. The van der Waals surface area contributed by atoms with Gasteiger partial charge in [-0.05, 0) is 30.7 Å². The Kier molecular flexibility index (Phi) is 47.5. The number of nitrogens with two attached hydrogens (primary N) is 2. The maximum Gasteiger partial charge on any atom is 1.00 e. The summed E-state index contributed by atoms with van der Waals surface area (Å²) in [4.78, 5) is 37.6. The monoisotopic (exact) mass is 344 g/mol. The number of primary amides is 2. The molecule has 0 fully saturated rings. The summed E-state index contributed by atoms with van der Waals surface area (Å²) in [6.45, 7) is 13.5. The van der Waals surface area contributed by atoms with Crippen molar-refractivity contribution in [3.05, 3.63) is 50.1 Å². The van der Waals surface area contributed by atoms with E-state index < -0.39 is 23.8 Å².